The molecule has 0 bridgehead atoms. The number of nitrogens with zero attached hydrogens (tertiary/aromatic N) is 1. The number of hydrogen-bond donors (Lipinski definition) is 1. The number of anilines is 1. The van der Waals surface area contributed by atoms with E-state index in [2.05, 4.69) is 5.32 Å². The quantitative estimate of drug-likeness (QED) is 0.626. The van der Waals surface area contributed by atoms with E-state index in [-0.39, 0.29) is 24.1 Å². The normalized spacial score (nSPS) is 13.7. The SMILES string of the molecule is COc1ccccc1C1=C(Nc2cccc(C)c2)C(=O)N(Cc2ccccc2)C1=O. The molecule has 4 rings (SSSR count). The Balaban J connectivity index is 1.79. The lowest BCUT2D eigenvalue weighted by Crippen LogP contribution is -2.32. The summed E-state index contributed by atoms with van der Waals surface area (Å²) < 4.78 is 5.47. The highest BCUT2D eigenvalue weighted by atomic mass is 16.5. The van der Waals surface area contributed by atoms with Crippen LogP contribution in [0.3, 0.4) is 0 Å². The van der Waals surface area contributed by atoms with Crippen molar-refractivity contribution in [3.63, 3.8) is 0 Å². The van der Waals surface area contributed by atoms with Gasteiger partial charge >= 0.3 is 0 Å². The number of amides is 2. The maximum atomic E-state index is 13.4. The molecule has 5 nitrogen and oxygen atoms in total. The van der Waals surface area contributed by atoms with Crippen LogP contribution in [-0.2, 0) is 16.1 Å². The van der Waals surface area contributed by atoms with Gasteiger partial charge in [0, 0.05) is 11.3 Å². The number of nitrogens with one attached hydrogen (secondary N) is 1. The standard InChI is InChI=1S/C25H22N2O3/c1-17-9-8-12-19(15-17)26-23-22(20-13-6-7-14-21(20)30-2)24(28)27(25(23)29)16-18-10-4-3-5-11-18/h3-15,26H,16H2,1-2H3. The smallest absolute Gasteiger partial charge is 0.278 e. The van der Waals surface area contributed by atoms with Crippen molar-refractivity contribution in [1.29, 1.82) is 0 Å². The van der Waals surface area contributed by atoms with E-state index in [4.69, 9.17) is 4.74 Å². The average Bonchev–Trinajstić information content (AvgIpc) is 2.98. The molecule has 1 aliphatic rings. The maximum absolute atomic E-state index is 13.4. The third-order valence-electron chi connectivity index (χ3n) is 5.02. The van der Waals surface area contributed by atoms with E-state index in [9.17, 15) is 9.59 Å². The van der Waals surface area contributed by atoms with Crippen LogP contribution in [-0.4, -0.2) is 23.8 Å². The monoisotopic (exact) mass is 398 g/mol. The minimum absolute atomic E-state index is 0.205. The van der Waals surface area contributed by atoms with Gasteiger partial charge in [-0.1, -0.05) is 60.7 Å². The first-order valence-corrected chi connectivity index (χ1v) is 9.70. The number of ether oxygens (including phenoxy) is 1. The van der Waals surface area contributed by atoms with Crippen LogP contribution >= 0.6 is 0 Å². The summed E-state index contributed by atoms with van der Waals surface area (Å²) in [5.74, 6) is -0.159. The highest BCUT2D eigenvalue weighted by molar-refractivity contribution is 6.36. The Labute approximate surface area is 175 Å². The highest BCUT2D eigenvalue weighted by Crippen LogP contribution is 2.35. The van der Waals surface area contributed by atoms with Crippen molar-refractivity contribution in [2.45, 2.75) is 13.5 Å². The van der Waals surface area contributed by atoms with Crippen LogP contribution in [0, 0.1) is 6.92 Å². The molecule has 1 aliphatic heterocycles. The largest absolute Gasteiger partial charge is 0.496 e. The molecule has 1 heterocycles. The number of carbonyl (C=O) groups is 2. The first-order chi connectivity index (χ1) is 14.6. The minimum atomic E-state index is -0.355. The van der Waals surface area contributed by atoms with Crippen LogP contribution < -0.4 is 10.1 Å². The zero-order valence-electron chi connectivity index (χ0n) is 16.9. The van der Waals surface area contributed by atoms with Gasteiger partial charge in [0.1, 0.15) is 11.4 Å². The predicted molar refractivity (Wildman–Crippen MR) is 117 cm³/mol. The van der Waals surface area contributed by atoms with E-state index < -0.39 is 0 Å². The Bertz CT molecular complexity index is 1140. The summed E-state index contributed by atoms with van der Waals surface area (Å²) in [6.07, 6.45) is 0. The third-order valence-corrected chi connectivity index (χ3v) is 5.02. The maximum Gasteiger partial charge on any atom is 0.278 e. The second-order valence-electron chi connectivity index (χ2n) is 7.13. The van der Waals surface area contributed by atoms with Crippen molar-refractivity contribution in [2.75, 3.05) is 12.4 Å². The molecule has 150 valence electrons. The predicted octanol–water partition coefficient (Wildman–Crippen LogP) is 4.40. The van der Waals surface area contributed by atoms with Crippen molar-refractivity contribution in [1.82, 2.24) is 4.90 Å². The number of rotatable bonds is 6. The highest BCUT2D eigenvalue weighted by Gasteiger charge is 2.40. The number of para-hydroxylation sites is 1. The Morgan fingerprint density at radius 2 is 1.60 bits per heavy atom. The van der Waals surface area contributed by atoms with Crippen LogP contribution in [0.25, 0.3) is 5.57 Å². The number of benzene rings is 3. The van der Waals surface area contributed by atoms with Crippen LogP contribution in [0.4, 0.5) is 5.69 Å². The molecule has 0 saturated carbocycles. The van der Waals surface area contributed by atoms with Gasteiger partial charge in [-0.3, -0.25) is 14.5 Å². The number of imide groups is 1. The molecule has 5 heteroatoms. The van der Waals surface area contributed by atoms with Gasteiger partial charge in [-0.15, -0.1) is 0 Å². The van der Waals surface area contributed by atoms with Gasteiger partial charge in [-0.05, 0) is 36.2 Å². The molecule has 3 aromatic rings. The molecular weight excluding hydrogens is 376 g/mol. The summed E-state index contributed by atoms with van der Waals surface area (Å²) >= 11 is 0. The summed E-state index contributed by atoms with van der Waals surface area (Å²) in [7, 11) is 1.55. The Morgan fingerprint density at radius 1 is 0.867 bits per heavy atom. The van der Waals surface area contributed by atoms with Gasteiger partial charge in [0.2, 0.25) is 0 Å². The molecule has 1 N–H and O–H groups in total. The fourth-order valence-corrected chi connectivity index (χ4v) is 3.57. The van der Waals surface area contributed by atoms with Gasteiger partial charge in [0.15, 0.2) is 0 Å². The minimum Gasteiger partial charge on any atom is -0.496 e. The fourth-order valence-electron chi connectivity index (χ4n) is 3.57. The zero-order valence-corrected chi connectivity index (χ0v) is 16.9. The van der Waals surface area contributed by atoms with Crippen molar-refractivity contribution in [3.8, 4) is 5.75 Å². The van der Waals surface area contributed by atoms with E-state index in [0.717, 1.165) is 16.8 Å². The Kier molecular flexibility index (Phi) is 5.35. The topological polar surface area (TPSA) is 58.6 Å². The Hall–Kier alpha value is -3.86. The lowest BCUT2D eigenvalue weighted by atomic mass is 10.0. The van der Waals surface area contributed by atoms with E-state index in [0.29, 0.717) is 16.9 Å². The van der Waals surface area contributed by atoms with Gasteiger partial charge in [0.25, 0.3) is 11.8 Å². The molecule has 30 heavy (non-hydrogen) atoms. The fraction of sp³-hybridized carbons (Fsp3) is 0.120. The molecule has 2 amide bonds. The summed E-state index contributed by atoms with van der Waals surface area (Å²) in [5.41, 5.74) is 3.85. The van der Waals surface area contributed by atoms with Crippen molar-refractivity contribution >= 4 is 23.1 Å². The molecule has 0 fully saturated rings. The molecule has 0 aromatic heterocycles. The first-order valence-electron chi connectivity index (χ1n) is 9.70. The Morgan fingerprint density at radius 3 is 2.33 bits per heavy atom. The van der Waals surface area contributed by atoms with Gasteiger partial charge < -0.3 is 10.1 Å². The lowest BCUT2D eigenvalue weighted by molar-refractivity contribution is -0.137. The zero-order chi connectivity index (χ0) is 21.1. The van der Waals surface area contributed by atoms with Crippen LogP contribution in [0.5, 0.6) is 5.75 Å². The van der Waals surface area contributed by atoms with Crippen LogP contribution in [0.2, 0.25) is 0 Å². The second-order valence-corrected chi connectivity index (χ2v) is 7.13. The average molecular weight is 398 g/mol. The lowest BCUT2D eigenvalue weighted by Gasteiger charge is -2.15. The summed E-state index contributed by atoms with van der Waals surface area (Å²) in [4.78, 5) is 28.0. The van der Waals surface area contributed by atoms with Crippen LogP contribution in [0.1, 0.15) is 16.7 Å². The van der Waals surface area contributed by atoms with E-state index in [1.54, 1.807) is 19.2 Å². The van der Waals surface area contributed by atoms with Gasteiger partial charge in [-0.25, -0.2) is 0 Å². The van der Waals surface area contributed by atoms with Crippen LogP contribution in [0.15, 0.2) is 84.6 Å². The molecule has 3 aromatic carbocycles. The third kappa shape index (κ3) is 3.70. The van der Waals surface area contributed by atoms with Gasteiger partial charge in [0.05, 0.1) is 19.2 Å². The van der Waals surface area contributed by atoms with E-state index >= 15 is 0 Å². The van der Waals surface area contributed by atoms with Crippen molar-refractivity contribution < 1.29 is 14.3 Å². The first kappa shape index (κ1) is 19.5. The van der Waals surface area contributed by atoms with Crippen molar-refractivity contribution in [2.24, 2.45) is 0 Å². The molecule has 0 aliphatic carbocycles. The number of hydrogen-bond acceptors (Lipinski definition) is 4. The number of aryl methyl sites for hydroxylation is 1. The molecule has 0 saturated heterocycles. The summed E-state index contributed by atoms with van der Waals surface area (Å²) in [5, 5.41) is 3.19. The van der Waals surface area contributed by atoms with Gasteiger partial charge in [-0.2, -0.15) is 0 Å². The molecule has 0 atom stereocenters. The van der Waals surface area contributed by atoms with Crippen molar-refractivity contribution in [3.05, 3.63) is 101 Å². The van der Waals surface area contributed by atoms with E-state index in [1.807, 2.05) is 73.7 Å². The molecular formula is C25H22N2O3. The number of carbonyl (C=O) groups excluding carboxylic acids is 2. The summed E-state index contributed by atoms with van der Waals surface area (Å²) in [6.45, 7) is 2.18. The molecule has 0 radical (unpaired) electrons. The molecule has 0 spiro atoms. The second kappa shape index (κ2) is 8.25. The summed E-state index contributed by atoms with van der Waals surface area (Å²) in [6, 6.07) is 24.4. The number of methoxy groups -OCH3 is 1. The van der Waals surface area contributed by atoms with E-state index in [1.165, 1.54) is 4.90 Å². The molecule has 0 unspecified atom stereocenters.